The number of aromatic nitrogens is 1. The van der Waals surface area contributed by atoms with Gasteiger partial charge in [0.2, 0.25) is 5.91 Å². The fraction of sp³-hybridized carbons (Fsp3) is 0.188. The van der Waals surface area contributed by atoms with Crippen LogP contribution in [-0.4, -0.2) is 23.2 Å². The molecule has 0 fully saturated rings. The quantitative estimate of drug-likeness (QED) is 0.801. The molecule has 112 valence electrons. The van der Waals surface area contributed by atoms with E-state index in [0.717, 1.165) is 17.9 Å². The van der Waals surface area contributed by atoms with Gasteiger partial charge in [-0.05, 0) is 25.1 Å². The molecule has 0 radical (unpaired) electrons. The average Bonchev–Trinajstić information content (AvgIpc) is 2.54. The molecule has 6 heteroatoms. The highest BCUT2D eigenvalue weighted by Crippen LogP contribution is 2.25. The fourth-order valence-electron chi connectivity index (χ4n) is 1.85. The second-order valence-corrected chi connectivity index (χ2v) is 5.35. The largest absolute Gasteiger partial charge is 0.384 e. The van der Waals surface area contributed by atoms with Gasteiger partial charge in [-0.15, -0.1) is 0 Å². The topological polar surface area (TPSA) is 77.8 Å². The number of amides is 1. The number of carbonyl (C=O) groups is 1. The van der Waals surface area contributed by atoms with Crippen molar-refractivity contribution in [1.29, 1.82) is 5.26 Å². The van der Waals surface area contributed by atoms with Crippen LogP contribution >= 0.6 is 11.8 Å². The molecule has 0 aliphatic carbocycles. The second-order valence-electron chi connectivity index (χ2n) is 4.38. The van der Waals surface area contributed by atoms with E-state index in [4.69, 9.17) is 0 Å². The van der Waals surface area contributed by atoms with E-state index in [-0.39, 0.29) is 11.7 Å². The second kappa shape index (κ2) is 8.05. The average molecular weight is 312 g/mol. The molecule has 0 aliphatic rings. The van der Waals surface area contributed by atoms with Crippen LogP contribution in [0, 0.1) is 11.3 Å². The number of hydrogen-bond donors (Lipinski definition) is 2. The highest BCUT2D eigenvalue weighted by atomic mass is 32.2. The minimum absolute atomic E-state index is 0.129. The van der Waals surface area contributed by atoms with Crippen LogP contribution in [0.2, 0.25) is 0 Å². The van der Waals surface area contributed by atoms with Crippen LogP contribution in [0.3, 0.4) is 0 Å². The van der Waals surface area contributed by atoms with E-state index in [2.05, 4.69) is 21.7 Å². The number of nitriles is 1. The van der Waals surface area contributed by atoms with Gasteiger partial charge in [-0.3, -0.25) is 4.79 Å². The maximum Gasteiger partial charge on any atom is 0.234 e. The van der Waals surface area contributed by atoms with Gasteiger partial charge in [0.15, 0.2) is 0 Å². The van der Waals surface area contributed by atoms with E-state index < -0.39 is 0 Å². The molecule has 5 nitrogen and oxygen atoms in total. The van der Waals surface area contributed by atoms with Gasteiger partial charge >= 0.3 is 0 Å². The van der Waals surface area contributed by atoms with Crippen LogP contribution in [0.1, 0.15) is 12.5 Å². The van der Waals surface area contributed by atoms with Gasteiger partial charge < -0.3 is 10.6 Å². The Morgan fingerprint density at radius 3 is 2.77 bits per heavy atom. The number of thioether (sulfide) groups is 1. The molecular weight excluding hydrogens is 296 g/mol. The zero-order valence-corrected chi connectivity index (χ0v) is 13.0. The van der Waals surface area contributed by atoms with Gasteiger partial charge in [-0.1, -0.05) is 30.0 Å². The lowest BCUT2D eigenvalue weighted by molar-refractivity contribution is -0.113. The molecule has 0 unspecified atom stereocenters. The summed E-state index contributed by atoms with van der Waals surface area (Å²) in [6.45, 7) is 2.68. The summed E-state index contributed by atoms with van der Waals surface area (Å²) >= 11 is 1.25. The molecule has 22 heavy (non-hydrogen) atoms. The smallest absolute Gasteiger partial charge is 0.234 e. The van der Waals surface area contributed by atoms with E-state index in [0.29, 0.717) is 10.6 Å². The third-order valence-electron chi connectivity index (χ3n) is 2.79. The molecule has 2 rings (SSSR count). The van der Waals surface area contributed by atoms with Crippen LogP contribution in [0.25, 0.3) is 0 Å². The molecule has 1 heterocycles. The first kappa shape index (κ1) is 15.9. The highest BCUT2D eigenvalue weighted by Gasteiger charge is 2.11. The third kappa shape index (κ3) is 4.24. The van der Waals surface area contributed by atoms with Gasteiger partial charge in [0.05, 0.1) is 11.4 Å². The predicted molar refractivity (Wildman–Crippen MR) is 88.9 cm³/mol. The molecule has 0 saturated heterocycles. The number of hydrogen-bond acceptors (Lipinski definition) is 5. The summed E-state index contributed by atoms with van der Waals surface area (Å²) in [6, 6.07) is 13.2. The number of para-hydroxylation sites is 1. The molecule has 0 spiro atoms. The maximum absolute atomic E-state index is 11.9. The Kier molecular flexibility index (Phi) is 5.81. The Morgan fingerprint density at radius 1 is 1.32 bits per heavy atom. The predicted octanol–water partition coefficient (Wildman–Crippen LogP) is 3.12. The van der Waals surface area contributed by atoms with E-state index in [1.807, 2.05) is 37.3 Å². The van der Waals surface area contributed by atoms with Crippen molar-refractivity contribution in [3.63, 3.8) is 0 Å². The summed E-state index contributed by atoms with van der Waals surface area (Å²) in [5.41, 5.74) is 1.97. The number of rotatable bonds is 6. The molecule has 2 aromatic rings. The molecule has 0 saturated carbocycles. The number of nitrogens with zero attached hydrogens (tertiary/aromatic N) is 2. The lowest BCUT2D eigenvalue weighted by atomic mass is 10.2. The van der Waals surface area contributed by atoms with Crippen LogP contribution < -0.4 is 10.6 Å². The van der Waals surface area contributed by atoms with Crippen molar-refractivity contribution >= 4 is 29.0 Å². The number of pyridine rings is 1. The van der Waals surface area contributed by atoms with Crippen molar-refractivity contribution in [1.82, 2.24) is 4.98 Å². The first-order valence-corrected chi connectivity index (χ1v) is 7.83. The first-order chi connectivity index (χ1) is 10.7. The van der Waals surface area contributed by atoms with E-state index in [1.165, 1.54) is 11.8 Å². The van der Waals surface area contributed by atoms with Crippen LogP contribution in [-0.2, 0) is 4.79 Å². The lowest BCUT2D eigenvalue weighted by Gasteiger charge is -2.09. The zero-order valence-electron chi connectivity index (χ0n) is 12.2. The van der Waals surface area contributed by atoms with Gasteiger partial charge in [0.1, 0.15) is 16.7 Å². The Hall–Kier alpha value is -2.52. The Balaban J connectivity index is 2.01. The molecule has 1 aromatic heterocycles. The Labute approximate surface area is 133 Å². The summed E-state index contributed by atoms with van der Waals surface area (Å²) in [5.74, 6) is 0.0716. The molecule has 0 atom stereocenters. The van der Waals surface area contributed by atoms with Crippen LogP contribution in [0.15, 0.2) is 47.6 Å². The van der Waals surface area contributed by atoms with E-state index >= 15 is 0 Å². The lowest BCUT2D eigenvalue weighted by Crippen LogP contribution is -2.14. The molecule has 0 bridgehead atoms. The number of nitrogens with one attached hydrogen (secondary N) is 2. The van der Waals surface area contributed by atoms with Crippen molar-refractivity contribution < 1.29 is 4.79 Å². The molecule has 0 aliphatic heterocycles. The van der Waals surface area contributed by atoms with Gasteiger partial charge in [0.25, 0.3) is 0 Å². The van der Waals surface area contributed by atoms with Crippen LogP contribution in [0.4, 0.5) is 11.4 Å². The summed E-state index contributed by atoms with van der Waals surface area (Å²) in [5, 5.41) is 15.8. The number of carbonyl (C=O) groups excluding carboxylic acids is 1. The Bertz CT molecular complexity index is 682. The van der Waals surface area contributed by atoms with Crippen molar-refractivity contribution in [2.75, 3.05) is 22.9 Å². The monoisotopic (exact) mass is 312 g/mol. The molecular formula is C16H16N4OS. The zero-order chi connectivity index (χ0) is 15.8. The summed E-state index contributed by atoms with van der Waals surface area (Å²) < 4.78 is 0. The molecule has 1 aromatic carbocycles. The summed E-state index contributed by atoms with van der Waals surface area (Å²) in [4.78, 5) is 16.1. The SMILES string of the molecule is CCNc1ccnc(SCC(=O)Nc2ccccc2)c1C#N. The fourth-order valence-corrected chi connectivity index (χ4v) is 2.63. The standard InChI is InChI=1S/C16H16N4OS/c1-2-18-14-8-9-19-16(13(14)10-17)22-11-15(21)20-12-6-4-3-5-7-12/h3-9H,2,11H2,1H3,(H,18,19)(H,20,21). The minimum atomic E-state index is -0.129. The van der Waals surface area contributed by atoms with Gasteiger partial charge in [-0.25, -0.2) is 4.98 Å². The van der Waals surface area contributed by atoms with Crippen molar-refractivity contribution in [2.45, 2.75) is 11.9 Å². The third-order valence-corrected chi connectivity index (χ3v) is 3.78. The van der Waals surface area contributed by atoms with Crippen molar-refractivity contribution in [2.24, 2.45) is 0 Å². The van der Waals surface area contributed by atoms with Crippen molar-refractivity contribution in [3.05, 3.63) is 48.2 Å². The maximum atomic E-state index is 11.9. The minimum Gasteiger partial charge on any atom is -0.384 e. The summed E-state index contributed by atoms with van der Waals surface area (Å²) in [7, 11) is 0. The normalized spacial score (nSPS) is 9.82. The van der Waals surface area contributed by atoms with Gasteiger partial charge in [-0.2, -0.15) is 5.26 Å². The highest BCUT2D eigenvalue weighted by molar-refractivity contribution is 8.00. The number of anilines is 2. The van der Waals surface area contributed by atoms with Crippen LogP contribution in [0.5, 0.6) is 0 Å². The molecule has 2 N–H and O–H groups in total. The summed E-state index contributed by atoms with van der Waals surface area (Å²) in [6.07, 6.45) is 1.64. The first-order valence-electron chi connectivity index (χ1n) is 6.85. The molecule has 1 amide bonds. The number of benzene rings is 1. The van der Waals surface area contributed by atoms with Gasteiger partial charge in [0, 0.05) is 18.4 Å². The Morgan fingerprint density at radius 2 is 2.09 bits per heavy atom. The van der Waals surface area contributed by atoms with E-state index in [9.17, 15) is 10.1 Å². The van der Waals surface area contributed by atoms with Crippen molar-refractivity contribution in [3.8, 4) is 6.07 Å². The van der Waals surface area contributed by atoms with E-state index in [1.54, 1.807) is 12.3 Å².